The summed E-state index contributed by atoms with van der Waals surface area (Å²) >= 11 is 3.16. The average molecular weight is 297 g/mol. The van der Waals surface area contributed by atoms with Gasteiger partial charge in [0.2, 0.25) is 6.19 Å². The zero-order chi connectivity index (χ0) is 14.1. The molecule has 7 nitrogen and oxygen atoms in total. The molecule has 1 rings (SSSR count). The number of nitrogens with zero attached hydrogens (tertiary/aromatic N) is 4. The minimum Gasteiger partial charge on any atom is -0.386 e. The van der Waals surface area contributed by atoms with Crippen LogP contribution in [0.2, 0.25) is 0 Å². The Labute approximate surface area is 119 Å². The van der Waals surface area contributed by atoms with Crippen LogP contribution in [0.25, 0.3) is 0 Å². The molecular formula is C10H15N7S2. The first-order valence-corrected chi connectivity index (χ1v) is 7.41. The van der Waals surface area contributed by atoms with Crippen LogP contribution in [0.15, 0.2) is 15.4 Å². The Balaban J connectivity index is 2.31. The molecule has 0 amide bonds. The van der Waals surface area contributed by atoms with E-state index in [2.05, 4.69) is 20.3 Å². The van der Waals surface area contributed by atoms with Gasteiger partial charge in [0, 0.05) is 30.4 Å². The quantitative estimate of drug-likeness (QED) is 0.311. The van der Waals surface area contributed by atoms with Crippen LogP contribution in [0, 0.1) is 11.5 Å². The van der Waals surface area contributed by atoms with E-state index in [-0.39, 0.29) is 0 Å². The minimum absolute atomic E-state index is 0.342. The topological polar surface area (TPSA) is 125 Å². The van der Waals surface area contributed by atoms with Gasteiger partial charge in [-0.2, -0.15) is 22.0 Å². The lowest BCUT2D eigenvalue weighted by Gasteiger charge is -1.99. The zero-order valence-corrected chi connectivity index (χ0v) is 12.1. The Morgan fingerprint density at radius 2 is 2.42 bits per heavy atom. The fourth-order valence-electron chi connectivity index (χ4n) is 1.07. The third-order valence-corrected chi connectivity index (χ3v) is 3.77. The molecule has 0 bridgehead atoms. The number of rotatable bonds is 6. The van der Waals surface area contributed by atoms with E-state index in [0.717, 1.165) is 22.3 Å². The largest absolute Gasteiger partial charge is 0.386 e. The summed E-state index contributed by atoms with van der Waals surface area (Å²) in [5.41, 5.74) is 12.0. The van der Waals surface area contributed by atoms with E-state index in [1.165, 1.54) is 11.3 Å². The number of thioether (sulfide) groups is 1. The van der Waals surface area contributed by atoms with Crippen LogP contribution in [0.1, 0.15) is 12.1 Å². The monoisotopic (exact) mass is 297 g/mol. The molecule has 0 saturated heterocycles. The highest BCUT2D eigenvalue weighted by Gasteiger charge is 2.03. The fourth-order valence-corrected chi connectivity index (χ4v) is 2.75. The number of aromatic nitrogens is 1. The van der Waals surface area contributed by atoms with Crippen molar-refractivity contribution >= 4 is 40.0 Å². The van der Waals surface area contributed by atoms with Crippen LogP contribution in [0.3, 0.4) is 0 Å². The summed E-state index contributed by atoms with van der Waals surface area (Å²) in [5, 5.41) is 13.9. The fraction of sp³-hybridized carbons (Fsp3) is 0.400. The molecule has 0 fully saturated rings. The highest BCUT2D eigenvalue weighted by molar-refractivity contribution is 7.98. The van der Waals surface area contributed by atoms with Crippen molar-refractivity contribution < 1.29 is 0 Å². The summed E-state index contributed by atoms with van der Waals surface area (Å²) in [4.78, 5) is 11.6. The lowest BCUT2D eigenvalue weighted by molar-refractivity contribution is 1.21. The van der Waals surface area contributed by atoms with Crippen LogP contribution < -0.4 is 16.8 Å². The van der Waals surface area contributed by atoms with Gasteiger partial charge in [-0.15, -0.1) is 11.3 Å². The number of aliphatic imine (C=N–C) groups is 2. The molecule has 0 radical (unpaired) electrons. The van der Waals surface area contributed by atoms with E-state index in [1.54, 1.807) is 25.0 Å². The van der Waals surface area contributed by atoms with Crippen molar-refractivity contribution in [3.8, 4) is 6.19 Å². The first-order chi connectivity index (χ1) is 9.15. The highest BCUT2D eigenvalue weighted by atomic mass is 32.2. The Morgan fingerprint density at radius 3 is 3.11 bits per heavy atom. The number of hydrogen-bond donors (Lipinski definition) is 3. The summed E-state index contributed by atoms with van der Waals surface area (Å²) in [6, 6.07) is 0. The second kappa shape index (κ2) is 8.34. The van der Waals surface area contributed by atoms with Gasteiger partial charge in [-0.05, 0) is 0 Å². The second-order valence-corrected chi connectivity index (χ2v) is 5.35. The van der Waals surface area contributed by atoms with E-state index in [0.29, 0.717) is 18.2 Å². The maximum atomic E-state index is 8.31. The first kappa shape index (κ1) is 15.3. The standard InChI is InChI=1S/C10H15N7S2/c1-14-9(13)17-10-16-7(5-19-10)4-18-3-2-8(12)15-6-11/h5H,2-4H2,1H3,(H2,12,15)(H3,13,14,16,17). The second-order valence-electron chi connectivity index (χ2n) is 3.38. The van der Waals surface area contributed by atoms with E-state index in [9.17, 15) is 0 Å². The summed E-state index contributed by atoms with van der Waals surface area (Å²) < 4.78 is 0. The molecule has 5 N–H and O–H groups in total. The van der Waals surface area contributed by atoms with Crippen LogP contribution in [-0.4, -0.2) is 29.6 Å². The van der Waals surface area contributed by atoms with Crippen molar-refractivity contribution in [2.75, 3.05) is 18.1 Å². The van der Waals surface area contributed by atoms with Gasteiger partial charge >= 0.3 is 0 Å². The van der Waals surface area contributed by atoms with Gasteiger partial charge in [0.15, 0.2) is 11.1 Å². The van der Waals surface area contributed by atoms with Gasteiger partial charge in [-0.3, -0.25) is 4.99 Å². The molecule has 1 aromatic heterocycles. The first-order valence-electron chi connectivity index (χ1n) is 5.38. The smallest absolute Gasteiger partial charge is 0.207 e. The molecule has 0 spiro atoms. The molecule has 1 heterocycles. The highest BCUT2D eigenvalue weighted by Crippen LogP contribution is 2.19. The van der Waals surface area contributed by atoms with E-state index in [1.807, 2.05) is 5.38 Å². The minimum atomic E-state index is 0.342. The summed E-state index contributed by atoms with van der Waals surface area (Å²) in [6.07, 6.45) is 2.26. The Hall–Kier alpha value is -1.79. The molecule has 0 aliphatic rings. The van der Waals surface area contributed by atoms with Crippen LogP contribution in [0.5, 0.6) is 0 Å². The molecular weight excluding hydrogens is 282 g/mol. The van der Waals surface area contributed by atoms with Gasteiger partial charge < -0.3 is 16.8 Å². The molecule has 0 aliphatic carbocycles. The zero-order valence-electron chi connectivity index (χ0n) is 10.5. The Kier molecular flexibility index (Phi) is 6.70. The lowest BCUT2D eigenvalue weighted by Crippen LogP contribution is -2.21. The molecule has 0 aromatic carbocycles. The third-order valence-electron chi connectivity index (χ3n) is 1.97. The van der Waals surface area contributed by atoms with Crippen LogP contribution in [0.4, 0.5) is 5.13 Å². The third kappa shape index (κ3) is 6.08. The maximum absolute atomic E-state index is 8.31. The maximum Gasteiger partial charge on any atom is 0.207 e. The number of hydrogen-bond acceptors (Lipinski definition) is 6. The number of thiazole rings is 1. The van der Waals surface area contributed by atoms with E-state index < -0.39 is 0 Å². The average Bonchev–Trinajstić information content (AvgIpc) is 2.82. The van der Waals surface area contributed by atoms with Gasteiger partial charge in [0.1, 0.15) is 5.84 Å². The number of guanidine groups is 1. The summed E-state index contributed by atoms with van der Waals surface area (Å²) in [7, 11) is 1.61. The van der Waals surface area contributed by atoms with Crippen molar-refractivity contribution in [2.45, 2.75) is 12.2 Å². The molecule has 1 aromatic rings. The normalized spacial score (nSPS) is 12.2. The molecule has 0 saturated carbocycles. The van der Waals surface area contributed by atoms with Crippen molar-refractivity contribution in [3.05, 3.63) is 11.1 Å². The Bertz CT molecular complexity index is 500. The molecule has 0 aliphatic heterocycles. The molecule has 102 valence electrons. The van der Waals surface area contributed by atoms with Crippen molar-refractivity contribution in [1.29, 1.82) is 5.26 Å². The molecule has 0 atom stereocenters. The number of amidine groups is 1. The molecule has 9 heteroatoms. The van der Waals surface area contributed by atoms with Crippen LogP contribution >= 0.6 is 23.1 Å². The molecule has 19 heavy (non-hydrogen) atoms. The van der Waals surface area contributed by atoms with Crippen molar-refractivity contribution in [1.82, 2.24) is 4.98 Å². The van der Waals surface area contributed by atoms with E-state index in [4.69, 9.17) is 16.7 Å². The van der Waals surface area contributed by atoms with E-state index >= 15 is 0 Å². The van der Waals surface area contributed by atoms with Crippen LogP contribution in [-0.2, 0) is 5.75 Å². The molecule has 0 unspecified atom stereocenters. The predicted octanol–water partition coefficient (Wildman–Crippen LogP) is 0.961. The van der Waals surface area contributed by atoms with Crippen molar-refractivity contribution in [3.63, 3.8) is 0 Å². The summed E-state index contributed by atoms with van der Waals surface area (Å²) in [5.74, 6) is 2.29. The Morgan fingerprint density at radius 1 is 1.63 bits per heavy atom. The van der Waals surface area contributed by atoms with Gasteiger partial charge in [0.25, 0.3) is 0 Å². The number of nitrogens with two attached hydrogens (primary N) is 2. The lowest BCUT2D eigenvalue weighted by atomic mass is 10.4. The number of nitriles is 1. The number of nitrogens with one attached hydrogen (secondary N) is 1. The van der Waals surface area contributed by atoms with Gasteiger partial charge in [-0.1, -0.05) is 0 Å². The van der Waals surface area contributed by atoms with Crippen molar-refractivity contribution in [2.24, 2.45) is 21.5 Å². The SMILES string of the molecule is CN=C(N)Nc1nc(CSCCC(N)=NC#N)cs1. The predicted molar refractivity (Wildman–Crippen MR) is 81.3 cm³/mol. The number of anilines is 1. The van der Waals surface area contributed by atoms with Gasteiger partial charge in [0.05, 0.1) is 5.69 Å². The van der Waals surface area contributed by atoms with Gasteiger partial charge in [-0.25, -0.2) is 4.98 Å². The summed E-state index contributed by atoms with van der Waals surface area (Å²) in [6.45, 7) is 0.